The van der Waals surface area contributed by atoms with Gasteiger partial charge in [-0.2, -0.15) is 0 Å². The molecule has 4 rings (SSSR count). The Morgan fingerprint density at radius 1 is 1.00 bits per heavy atom. The fraction of sp³-hybridized carbons (Fsp3) is 0.368. The molecule has 2 aromatic rings. The van der Waals surface area contributed by atoms with Crippen LogP contribution in [0.15, 0.2) is 46.2 Å². The van der Waals surface area contributed by atoms with Gasteiger partial charge in [-0.1, -0.05) is 30.8 Å². The van der Waals surface area contributed by atoms with E-state index in [4.69, 9.17) is 23.7 Å². The van der Waals surface area contributed by atoms with Gasteiger partial charge in [0.1, 0.15) is 16.4 Å². The summed E-state index contributed by atoms with van der Waals surface area (Å²) >= 11 is 1.56. The molecule has 5 nitrogen and oxygen atoms in total. The molecule has 2 atom stereocenters. The summed E-state index contributed by atoms with van der Waals surface area (Å²) in [6.07, 6.45) is 0.918. The monoisotopic (exact) mass is 360 g/mol. The maximum absolute atomic E-state index is 6.05. The van der Waals surface area contributed by atoms with E-state index in [1.807, 2.05) is 36.4 Å². The van der Waals surface area contributed by atoms with Crippen LogP contribution in [0.4, 0.5) is 0 Å². The number of para-hydroxylation sites is 1. The van der Waals surface area contributed by atoms with Crippen LogP contribution < -0.4 is 18.9 Å². The van der Waals surface area contributed by atoms with E-state index in [0.717, 1.165) is 27.7 Å². The Morgan fingerprint density at radius 2 is 1.84 bits per heavy atom. The van der Waals surface area contributed by atoms with Crippen LogP contribution in [-0.2, 0) is 4.74 Å². The van der Waals surface area contributed by atoms with E-state index in [9.17, 15) is 0 Å². The Morgan fingerprint density at radius 3 is 2.72 bits per heavy atom. The summed E-state index contributed by atoms with van der Waals surface area (Å²) in [6.45, 7) is 2.73. The molecule has 0 fully saturated rings. The number of rotatable bonds is 1. The van der Waals surface area contributed by atoms with Crippen molar-refractivity contribution in [2.75, 3.05) is 20.3 Å². The first-order chi connectivity index (χ1) is 12.2. The van der Waals surface area contributed by atoms with Gasteiger partial charge in [-0.05, 0) is 36.6 Å². The Balaban J connectivity index is 1.77. The molecular weight excluding hydrogens is 340 g/mol. The maximum Gasteiger partial charge on any atom is 0.360 e. The molecule has 0 N–H and O–H groups in total. The maximum atomic E-state index is 6.05. The predicted molar refractivity (Wildman–Crippen MR) is 93.8 cm³/mol. The fourth-order valence-electron chi connectivity index (χ4n) is 2.71. The van der Waals surface area contributed by atoms with Crippen LogP contribution >= 0.6 is 11.8 Å². The van der Waals surface area contributed by atoms with Crippen LogP contribution in [0.5, 0.6) is 23.0 Å². The number of hydrogen-bond donors (Lipinski definition) is 0. The molecule has 25 heavy (non-hydrogen) atoms. The van der Waals surface area contributed by atoms with E-state index in [-0.39, 0.29) is 0 Å². The van der Waals surface area contributed by atoms with Crippen molar-refractivity contribution in [1.29, 1.82) is 0 Å². The van der Waals surface area contributed by atoms with Crippen LogP contribution in [-0.4, -0.2) is 26.8 Å². The third-order valence-corrected chi connectivity index (χ3v) is 5.27. The van der Waals surface area contributed by atoms with Gasteiger partial charge in [-0.3, -0.25) is 0 Å². The first-order valence-electron chi connectivity index (χ1n) is 8.30. The molecule has 0 amide bonds. The van der Waals surface area contributed by atoms with Crippen LogP contribution in [0.25, 0.3) is 0 Å². The summed E-state index contributed by atoms with van der Waals surface area (Å²) in [5.74, 6) is 3.37. The van der Waals surface area contributed by atoms with E-state index in [1.165, 1.54) is 0 Å². The van der Waals surface area contributed by atoms with Crippen molar-refractivity contribution in [3.63, 3.8) is 0 Å². The zero-order chi connectivity index (χ0) is 17.2. The first kappa shape index (κ1) is 16.4. The summed E-state index contributed by atoms with van der Waals surface area (Å²) < 4.78 is 28.7. The standard InChI is InChI=1S/C19H20O5S/c1-12-9-10-21-15-8-7-14-17(24-19(20-2)23-14)18(15)25-16-6-4-3-5-13(16)22-11-12/h3-8,12,19H,9-11H2,1-2H3. The summed E-state index contributed by atoms with van der Waals surface area (Å²) in [7, 11) is 1.55. The molecule has 2 aromatic carbocycles. The van der Waals surface area contributed by atoms with Crippen molar-refractivity contribution in [3.8, 4) is 23.0 Å². The number of hydrogen-bond acceptors (Lipinski definition) is 6. The highest BCUT2D eigenvalue weighted by molar-refractivity contribution is 7.99. The lowest BCUT2D eigenvalue weighted by Crippen LogP contribution is -2.19. The molecule has 0 spiro atoms. The van der Waals surface area contributed by atoms with E-state index in [2.05, 4.69) is 6.92 Å². The molecule has 0 aromatic heterocycles. The lowest BCUT2D eigenvalue weighted by Gasteiger charge is -2.14. The highest BCUT2D eigenvalue weighted by atomic mass is 32.2. The van der Waals surface area contributed by atoms with Crippen molar-refractivity contribution in [2.45, 2.75) is 29.6 Å². The highest BCUT2D eigenvalue weighted by Gasteiger charge is 2.30. The molecule has 0 bridgehead atoms. The van der Waals surface area contributed by atoms with Gasteiger partial charge in [0.15, 0.2) is 11.5 Å². The van der Waals surface area contributed by atoms with E-state index in [0.29, 0.717) is 30.6 Å². The van der Waals surface area contributed by atoms with Gasteiger partial charge >= 0.3 is 6.48 Å². The smallest absolute Gasteiger partial charge is 0.360 e. The number of ether oxygens (including phenoxy) is 5. The van der Waals surface area contributed by atoms with Gasteiger partial charge in [0.05, 0.1) is 18.1 Å². The summed E-state index contributed by atoms with van der Waals surface area (Å²) in [5.41, 5.74) is 0. The van der Waals surface area contributed by atoms with Crippen LogP contribution in [0, 0.1) is 5.92 Å². The molecule has 0 radical (unpaired) electrons. The lowest BCUT2D eigenvalue weighted by molar-refractivity contribution is -0.158. The minimum atomic E-state index is -0.730. The molecule has 2 heterocycles. The first-order valence-corrected chi connectivity index (χ1v) is 9.12. The average molecular weight is 360 g/mol. The second-order valence-corrected chi connectivity index (χ2v) is 7.13. The zero-order valence-electron chi connectivity index (χ0n) is 14.2. The van der Waals surface area contributed by atoms with Crippen molar-refractivity contribution in [3.05, 3.63) is 36.4 Å². The summed E-state index contributed by atoms with van der Waals surface area (Å²) in [5, 5.41) is 0. The van der Waals surface area contributed by atoms with Crippen molar-refractivity contribution in [1.82, 2.24) is 0 Å². The normalized spacial score (nSPS) is 22.0. The van der Waals surface area contributed by atoms with Gasteiger partial charge in [-0.25, -0.2) is 0 Å². The number of fused-ring (bicyclic) bond motifs is 4. The molecule has 2 unspecified atom stereocenters. The van der Waals surface area contributed by atoms with Crippen molar-refractivity contribution < 1.29 is 23.7 Å². The summed E-state index contributed by atoms with van der Waals surface area (Å²) in [4.78, 5) is 1.89. The van der Waals surface area contributed by atoms with E-state index >= 15 is 0 Å². The topological polar surface area (TPSA) is 46.2 Å². The van der Waals surface area contributed by atoms with Crippen LogP contribution in [0.1, 0.15) is 13.3 Å². The quantitative estimate of drug-likeness (QED) is 0.754. The molecular formula is C19H20O5S. The Bertz CT molecular complexity index is 763. The van der Waals surface area contributed by atoms with Gasteiger partial charge in [0.25, 0.3) is 0 Å². The third-order valence-electron chi connectivity index (χ3n) is 4.12. The van der Waals surface area contributed by atoms with Gasteiger partial charge in [0, 0.05) is 7.11 Å². The Kier molecular flexibility index (Phi) is 4.63. The fourth-order valence-corrected chi connectivity index (χ4v) is 3.77. The molecule has 6 heteroatoms. The Hall–Kier alpha value is -2.05. The van der Waals surface area contributed by atoms with E-state index in [1.54, 1.807) is 18.9 Å². The van der Waals surface area contributed by atoms with Crippen LogP contribution in [0.2, 0.25) is 0 Å². The SMILES string of the molecule is COC1Oc2ccc3c(c2O1)Sc1ccccc1OCC(C)CCO3. The highest BCUT2D eigenvalue weighted by Crippen LogP contribution is 2.51. The lowest BCUT2D eigenvalue weighted by atomic mass is 10.1. The van der Waals surface area contributed by atoms with Gasteiger partial charge in [-0.15, -0.1) is 0 Å². The predicted octanol–water partition coefficient (Wildman–Crippen LogP) is 4.34. The molecule has 0 saturated heterocycles. The molecule has 0 saturated carbocycles. The zero-order valence-corrected chi connectivity index (χ0v) is 15.0. The van der Waals surface area contributed by atoms with Crippen molar-refractivity contribution >= 4 is 11.8 Å². The average Bonchev–Trinajstić information content (AvgIpc) is 3.05. The summed E-state index contributed by atoms with van der Waals surface area (Å²) in [6, 6.07) is 11.8. The Labute approximate surface area is 151 Å². The van der Waals surface area contributed by atoms with Crippen LogP contribution in [0.3, 0.4) is 0 Å². The number of benzene rings is 2. The van der Waals surface area contributed by atoms with E-state index < -0.39 is 6.48 Å². The van der Waals surface area contributed by atoms with Gasteiger partial charge < -0.3 is 23.7 Å². The molecule has 0 aliphatic carbocycles. The van der Waals surface area contributed by atoms with Gasteiger partial charge in [0.2, 0.25) is 0 Å². The van der Waals surface area contributed by atoms with Crippen molar-refractivity contribution in [2.24, 2.45) is 5.92 Å². The second kappa shape index (κ2) is 7.06. The molecule has 2 aliphatic heterocycles. The number of methoxy groups -OCH3 is 1. The largest absolute Gasteiger partial charge is 0.492 e. The molecule has 132 valence electrons. The third kappa shape index (κ3) is 3.37. The minimum absolute atomic E-state index is 0.409. The second-order valence-electron chi connectivity index (χ2n) is 6.08. The molecule has 2 aliphatic rings. The minimum Gasteiger partial charge on any atom is -0.492 e.